The number of aromatic amines is 1. The first-order valence-electron chi connectivity index (χ1n) is 7.13. The van der Waals surface area contributed by atoms with Crippen LogP contribution in [-0.2, 0) is 0 Å². The highest BCUT2D eigenvalue weighted by molar-refractivity contribution is 6.09. The molecule has 0 spiro atoms. The maximum atomic E-state index is 12.4. The van der Waals surface area contributed by atoms with E-state index in [2.05, 4.69) is 29.2 Å². The predicted octanol–water partition coefficient (Wildman–Crippen LogP) is 3.56. The Morgan fingerprint density at radius 1 is 1.00 bits per heavy atom. The average Bonchev–Trinajstić information content (AvgIpc) is 3.15. The molecule has 3 aromatic rings. The molecule has 4 rings (SSSR count). The van der Waals surface area contributed by atoms with E-state index in [-0.39, 0.29) is 5.91 Å². The highest BCUT2D eigenvalue weighted by Crippen LogP contribution is 2.26. The van der Waals surface area contributed by atoms with Crippen molar-refractivity contribution in [3.63, 3.8) is 0 Å². The second-order valence-electron chi connectivity index (χ2n) is 5.43. The summed E-state index contributed by atoms with van der Waals surface area (Å²) in [5.74, 6) is 0.128. The van der Waals surface area contributed by atoms with Crippen molar-refractivity contribution in [3.8, 4) is 0 Å². The fourth-order valence-electron chi connectivity index (χ4n) is 3.09. The number of carbonyl (C=O) groups excluding carboxylic acids is 1. The molecule has 2 aromatic carbocycles. The zero-order valence-electron chi connectivity index (χ0n) is 11.2. The molecule has 20 heavy (non-hydrogen) atoms. The van der Waals surface area contributed by atoms with Crippen molar-refractivity contribution in [2.75, 3.05) is 13.1 Å². The second kappa shape index (κ2) is 4.37. The maximum Gasteiger partial charge on any atom is 0.270 e. The number of rotatable bonds is 1. The van der Waals surface area contributed by atoms with Crippen molar-refractivity contribution >= 4 is 27.6 Å². The fourth-order valence-corrected chi connectivity index (χ4v) is 3.09. The van der Waals surface area contributed by atoms with Gasteiger partial charge in [-0.2, -0.15) is 0 Å². The Labute approximate surface area is 117 Å². The van der Waals surface area contributed by atoms with Crippen LogP contribution in [0.3, 0.4) is 0 Å². The van der Waals surface area contributed by atoms with Gasteiger partial charge in [-0.25, -0.2) is 0 Å². The molecule has 100 valence electrons. The van der Waals surface area contributed by atoms with Gasteiger partial charge in [-0.05, 0) is 35.7 Å². The van der Waals surface area contributed by atoms with E-state index in [1.807, 2.05) is 23.1 Å². The Morgan fingerprint density at radius 2 is 1.80 bits per heavy atom. The monoisotopic (exact) mass is 264 g/mol. The molecule has 1 saturated heterocycles. The summed E-state index contributed by atoms with van der Waals surface area (Å²) >= 11 is 0. The van der Waals surface area contributed by atoms with Crippen molar-refractivity contribution in [2.24, 2.45) is 0 Å². The van der Waals surface area contributed by atoms with E-state index in [0.717, 1.165) is 36.8 Å². The van der Waals surface area contributed by atoms with Crippen LogP contribution in [0, 0.1) is 0 Å². The van der Waals surface area contributed by atoms with Crippen LogP contribution >= 0.6 is 0 Å². The Balaban J connectivity index is 1.85. The van der Waals surface area contributed by atoms with E-state index in [0.29, 0.717) is 5.69 Å². The minimum absolute atomic E-state index is 0.128. The Bertz CT molecular complexity index is 797. The number of hydrogen-bond donors (Lipinski definition) is 1. The number of nitrogens with one attached hydrogen (secondary N) is 1. The third kappa shape index (κ3) is 1.70. The first kappa shape index (κ1) is 11.5. The molecule has 3 nitrogen and oxygen atoms in total. The molecule has 0 radical (unpaired) electrons. The number of carbonyl (C=O) groups is 1. The average molecular weight is 264 g/mol. The quantitative estimate of drug-likeness (QED) is 0.716. The Hall–Kier alpha value is -2.29. The second-order valence-corrected chi connectivity index (χ2v) is 5.43. The summed E-state index contributed by atoms with van der Waals surface area (Å²) in [6.45, 7) is 1.77. The number of fused-ring (bicyclic) bond motifs is 3. The molecule has 3 heteroatoms. The molecule has 0 atom stereocenters. The smallest absolute Gasteiger partial charge is 0.270 e. The van der Waals surface area contributed by atoms with Gasteiger partial charge in [0, 0.05) is 24.0 Å². The number of benzene rings is 2. The van der Waals surface area contributed by atoms with Gasteiger partial charge in [0.05, 0.1) is 0 Å². The van der Waals surface area contributed by atoms with Crippen molar-refractivity contribution in [1.82, 2.24) is 9.88 Å². The summed E-state index contributed by atoms with van der Waals surface area (Å²) in [7, 11) is 0. The molecular weight excluding hydrogens is 248 g/mol. The first-order chi connectivity index (χ1) is 9.83. The number of aromatic nitrogens is 1. The van der Waals surface area contributed by atoms with Crippen LogP contribution in [0.2, 0.25) is 0 Å². The molecule has 0 bridgehead atoms. The molecule has 1 aromatic heterocycles. The van der Waals surface area contributed by atoms with Crippen LogP contribution in [0.25, 0.3) is 21.7 Å². The largest absolute Gasteiger partial charge is 0.351 e. The summed E-state index contributed by atoms with van der Waals surface area (Å²) in [5, 5.41) is 3.53. The van der Waals surface area contributed by atoms with E-state index in [9.17, 15) is 4.79 Å². The number of amides is 1. The van der Waals surface area contributed by atoms with Crippen molar-refractivity contribution in [2.45, 2.75) is 12.8 Å². The lowest BCUT2D eigenvalue weighted by atomic mass is 10.1. The molecule has 0 aliphatic carbocycles. The third-order valence-corrected chi connectivity index (χ3v) is 4.15. The molecule has 1 N–H and O–H groups in total. The lowest BCUT2D eigenvalue weighted by Crippen LogP contribution is -2.27. The number of H-pyrrole nitrogens is 1. The minimum atomic E-state index is 0.128. The zero-order chi connectivity index (χ0) is 13.5. The number of hydrogen-bond acceptors (Lipinski definition) is 1. The van der Waals surface area contributed by atoms with Gasteiger partial charge < -0.3 is 9.88 Å². The summed E-state index contributed by atoms with van der Waals surface area (Å²) in [4.78, 5) is 17.7. The molecule has 1 aliphatic rings. The van der Waals surface area contributed by atoms with E-state index in [4.69, 9.17) is 0 Å². The van der Waals surface area contributed by atoms with Gasteiger partial charge >= 0.3 is 0 Å². The van der Waals surface area contributed by atoms with Crippen LogP contribution < -0.4 is 0 Å². The van der Waals surface area contributed by atoms with E-state index in [1.54, 1.807) is 0 Å². The first-order valence-corrected chi connectivity index (χ1v) is 7.13. The molecule has 0 unspecified atom stereocenters. The fraction of sp³-hybridized carbons (Fsp3) is 0.235. The topological polar surface area (TPSA) is 36.1 Å². The van der Waals surface area contributed by atoms with Gasteiger partial charge in [-0.1, -0.05) is 30.3 Å². The van der Waals surface area contributed by atoms with Crippen molar-refractivity contribution in [1.29, 1.82) is 0 Å². The van der Waals surface area contributed by atoms with E-state index in [1.165, 1.54) is 10.8 Å². The molecule has 1 amide bonds. The summed E-state index contributed by atoms with van der Waals surface area (Å²) in [6.07, 6.45) is 2.24. The van der Waals surface area contributed by atoms with E-state index < -0.39 is 0 Å². The van der Waals surface area contributed by atoms with Gasteiger partial charge in [-0.15, -0.1) is 0 Å². The lowest BCUT2D eigenvalue weighted by Gasteiger charge is -2.13. The highest BCUT2D eigenvalue weighted by atomic mass is 16.2. The van der Waals surface area contributed by atoms with Crippen LogP contribution in [0.15, 0.2) is 42.5 Å². The van der Waals surface area contributed by atoms with Crippen LogP contribution in [-0.4, -0.2) is 28.9 Å². The highest BCUT2D eigenvalue weighted by Gasteiger charge is 2.21. The Morgan fingerprint density at radius 3 is 2.65 bits per heavy atom. The van der Waals surface area contributed by atoms with Crippen molar-refractivity contribution in [3.05, 3.63) is 48.2 Å². The SMILES string of the molecule is O=C(c1cc2c(ccc3ccccc32)[nH]1)N1CCCC1. The van der Waals surface area contributed by atoms with Gasteiger partial charge in [0.1, 0.15) is 5.69 Å². The van der Waals surface area contributed by atoms with Crippen molar-refractivity contribution < 1.29 is 4.79 Å². The van der Waals surface area contributed by atoms with Crippen LogP contribution in [0.1, 0.15) is 23.3 Å². The zero-order valence-corrected chi connectivity index (χ0v) is 11.2. The minimum Gasteiger partial charge on any atom is -0.351 e. The standard InChI is InChI=1S/C17H16N2O/c20-17(19-9-3-4-10-19)16-11-14-13-6-2-1-5-12(13)7-8-15(14)18-16/h1-2,5-8,11,18H,3-4,9-10H2. The predicted molar refractivity (Wildman–Crippen MR) is 80.9 cm³/mol. The Kier molecular flexibility index (Phi) is 2.52. The van der Waals surface area contributed by atoms with Gasteiger partial charge in [0.2, 0.25) is 0 Å². The summed E-state index contributed by atoms with van der Waals surface area (Å²) < 4.78 is 0. The molecule has 1 fully saturated rings. The lowest BCUT2D eigenvalue weighted by molar-refractivity contribution is 0.0788. The third-order valence-electron chi connectivity index (χ3n) is 4.15. The maximum absolute atomic E-state index is 12.4. The summed E-state index contributed by atoms with van der Waals surface area (Å²) in [5.41, 5.74) is 1.74. The number of likely N-dealkylation sites (tertiary alicyclic amines) is 1. The molecule has 1 aliphatic heterocycles. The van der Waals surface area contributed by atoms with Crippen LogP contribution in [0.5, 0.6) is 0 Å². The van der Waals surface area contributed by atoms with Gasteiger partial charge in [0.25, 0.3) is 5.91 Å². The van der Waals surface area contributed by atoms with Gasteiger partial charge in [0.15, 0.2) is 0 Å². The molecular formula is C17H16N2O. The molecule has 0 saturated carbocycles. The normalized spacial score (nSPS) is 15.3. The number of nitrogens with zero attached hydrogens (tertiary/aromatic N) is 1. The van der Waals surface area contributed by atoms with Crippen LogP contribution in [0.4, 0.5) is 0 Å². The molecule has 2 heterocycles. The van der Waals surface area contributed by atoms with Gasteiger partial charge in [-0.3, -0.25) is 4.79 Å². The summed E-state index contributed by atoms with van der Waals surface area (Å²) in [6, 6.07) is 14.4. The van der Waals surface area contributed by atoms with E-state index >= 15 is 0 Å².